The smallest absolute Gasteiger partial charge is 0.241 e. The van der Waals surface area contributed by atoms with Crippen LogP contribution in [0.15, 0.2) is 34.1 Å². The molecule has 2 rings (SSSR count). The number of rotatable bonds is 5. The molecule has 1 amide bonds. The molecular formula is C15H15BrClFN2OS. The lowest BCUT2D eigenvalue weighted by Gasteiger charge is -2.23. The van der Waals surface area contributed by atoms with Crippen molar-refractivity contribution < 1.29 is 9.18 Å². The minimum absolute atomic E-state index is 0.133. The zero-order chi connectivity index (χ0) is 16.3. The van der Waals surface area contributed by atoms with E-state index in [-0.39, 0.29) is 11.6 Å². The van der Waals surface area contributed by atoms with Crippen molar-refractivity contribution in [2.75, 3.05) is 12.4 Å². The standard InChI is InChI=1S/C15H15BrClFN2OS/c1-9(20(2)8-11-4-6-14(16)22-11)15(21)19-13-5-3-10(17)7-12(13)18/h3-7,9H,8H2,1-2H3,(H,19,21). The molecular weight excluding hydrogens is 391 g/mol. The van der Waals surface area contributed by atoms with Crippen LogP contribution in [-0.4, -0.2) is 23.9 Å². The molecule has 1 heterocycles. The van der Waals surface area contributed by atoms with Crippen molar-refractivity contribution in [3.05, 3.63) is 49.8 Å². The summed E-state index contributed by atoms with van der Waals surface area (Å²) in [5.41, 5.74) is 0.133. The molecule has 0 spiro atoms. The van der Waals surface area contributed by atoms with Gasteiger partial charge in [0.05, 0.1) is 15.5 Å². The molecule has 1 N–H and O–H groups in total. The van der Waals surface area contributed by atoms with E-state index in [4.69, 9.17) is 11.6 Å². The number of benzene rings is 1. The number of carbonyl (C=O) groups is 1. The van der Waals surface area contributed by atoms with Crippen LogP contribution in [0.1, 0.15) is 11.8 Å². The maximum atomic E-state index is 13.7. The van der Waals surface area contributed by atoms with Crippen LogP contribution in [0.2, 0.25) is 5.02 Å². The molecule has 0 saturated heterocycles. The molecule has 3 nitrogen and oxygen atoms in total. The number of likely N-dealkylation sites (N-methyl/N-ethyl adjacent to an activating group) is 1. The normalized spacial score (nSPS) is 12.5. The number of nitrogens with one attached hydrogen (secondary N) is 1. The third kappa shape index (κ3) is 4.52. The Morgan fingerprint density at radius 2 is 2.18 bits per heavy atom. The van der Waals surface area contributed by atoms with Gasteiger partial charge in [0.1, 0.15) is 5.82 Å². The van der Waals surface area contributed by atoms with Gasteiger partial charge >= 0.3 is 0 Å². The summed E-state index contributed by atoms with van der Waals surface area (Å²) in [6, 6.07) is 7.76. The van der Waals surface area contributed by atoms with Gasteiger partial charge in [-0.3, -0.25) is 9.69 Å². The zero-order valence-electron chi connectivity index (χ0n) is 12.1. The Hall–Kier alpha value is -0.950. The van der Waals surface area contributed by atoms with Gasteiger partial charge in [-0.05, 0) is 60.2 Å². The van der Waals surface area contributed by atoms with Gasteiger partial charge in [0.15, 0.2) is 0 Å². The summed E-state index contributed by atoms with van der Waals surface area (Å²) in [7, 11) is 1.86. The molecule has 0 saturated carbocycles. The number of hydrogen-bond donors (Lipinski definition) is 1. The first-order valence-electron chi connectivity index (χ1n) is 6.57. The number of carbonyl (C=O) groups excluding carboxylic acids is 1. The number of amides is 1. The molecule has 22 heavy (non-hydrogen) atoms. The van der Waals surface area contributed by atoms with Gasteiger partial charge < -0.3 is 5.32 Å². The van der Waals surface area contributed by atoms with E-state index in [0.717, 1.165) is 8.66 Å². The zero-order valence-corrected chi connectivity index (χ0v) is 15.2. The largest absolute Gasteiger partial charge is 0.322 e. The van der Waals surface area contributed by atoms with Crippen molar-refractivity contribution in [1.29, 1.82) is 0 Å². The summed E-state index contributed by atoms with van der Waals surface area (Å²) < 4.78 is 14.8. The first kappa shape index (κ1) is 17.4. The highest BCUT2D eigenvalue weighted by molar-refractivity contribution is 9.11. The maximum Gasteiger partial charge on any atom is 0.241 e. The molecule has 0 aliphatic rings. The molecule has 1 aromatic carbocycles. The molecule has 2 aromatic rings. The lowest BCUT2D eigenvalue weighted by atomic mass is 10.2. The van der Waals surface area contributed by atoms with E-state index in [1.165, 1.54) is 18.2 Å². The molecule has 1 aromatic heterocycles. The maximum absolute atomic E-state index is 13.7. The van der Waals surface area contributed by atoms with Gasteiger partial charge in [-0.25, -0.2) is 4.39 Å². The van der Waals surface area contributed by atoms with Gasteiger partial charge in [0, 0.05) is 16.4 Å². The quantitative estimate of drug-likeness (QED) is 0.777. The predicted octanol–water partition coefficient (Wildman–Crippen LogP) is 4.76. The van der Waals surface area contributed by atoms with E-state index >= 15 is 0 Å². The number of halogens is 3. The summed E-state index contributed by atoms with van der Waals surface area (Å²) >= 11 is 10.7. The fourth-order valence-electron chi connectivity index (χ4n) is 1.85. The highest BCUT2D eigenvalue weighted by Crippen LogP contribution is 2.24. The van der Waals surface area contributed by atoms with Crippen LogP contribution in [0.4, 0.5) is 10.1 Å². The molecule has 7 heteroatoms. The summed E-state index contributed by atoms with van der Waals surface area (Å²) in [5, 5.41) is 2.88. The minimum atomic E-state index is -0.544. The van der Waals surface area contributed by atoms with E-state index in [2.05, 4.69) is 21.2 Å². The molecule has 0 radical (unpaired) electrons. The Labute approximate surface area is 146 Å². The molecule has 118 valence electrons. The minimum Gasteiger partial charge on any atom is -0.322 e. The van der Waals surface area contributed by atoms with Gasteiger partial charge in [0.25, 0.3) is 0 Å². The predicted molar refractivity (Wildman–Crippen MR) is 93.0 cm³/mol. The summed E-state index contributed by atoms with van der Waals surface area (Å²) in [4.78, 5) is 15.3. The summed E-state index contributed by atoms with van der Waals surface area (Å²) in [5.74, 6) is -0.808. The Kier molecular flexibility index (Phi) is 5.97. The van der Waals surface area contributed by atoms with Crippen molar-refractivity contribution in [1.82, 2.24) is 4.90 Å². The Bertz CT molecular complexity index is 679. The first-order valence-corrected chi connectivity index (χ1v) is 8.56. The topological polar surface area (TPSA) is 32.3 Å². The van der Waals surface area contributed by atoms with E-state index in [1.54, 1.807) is 18.3 Å². The molecule has 1 unspecified atom stereocenters. The lowest BCUT2D eigenvalue weighted by Crippen LogP contribution is -2.39. The average Bonchev–Trinajstić information content (AvgIpc) is 2.86. The third-order valence-corrected chi connectivity index (χ3v) is 5.11. The van der Waals surface area contributed by atoms with Crippen molar-refractivity contribution >= 4 is 50.5 Å². The molecule has 1 atom stereocenters. The number of hydrogen-bond acceptors (Lipinski definition) is 3. The second-order valence-electron chi connectivity index (χ2n) is 4.91. The van der Waals surface area contributed by atoms with Gasteiger partial charge in [-0.1, -0.05) is 11.6 Å². The Morgan fingerprint density at radius 1 is 1.45 bits per heavy atom. The third-order valence-electron chi connectivity index (χ3n) is 3.26. The number of nitrogens with zero attached hydrogens (tertiary/aromatic N) is 1. The van der Waals surface area contributed by atoms with Gasteiger partial charge in [0.2, 0.25) is 5.91 Å². The highest BCUT2D eigenvalue weighted by atomic mass is 79.9. The van der Waals surface area contributed by atoms with Crippen LogP contribution in [0.5, 0.6) is 0 Å². The molecule has 0 aliphatic heterocycles. The van der Waals surface area contributed by atoms with Crippen LogP contribution in [0, 0.1) is 5.82 Å². The van der Waals surface area contributed by atoms with E-state index in [9.17, 15) is 9.18 Å². The second kappa shape index (κ2) is 7.55. The Balaban J connectivity index is 1.98. The summed E-state index contributed by atoms with van der Waals surface area (Å²) in [6.07, 6.45) is 0. The van der Waals surface area contributed by atoms with Crippen molar-refractivity contribution in [3.8, 4) is 0 Å². The second-order valence-corrected chi connectivity index (χ2v) is 7.89. The highest BCUT2D eigenvalue weighted by Gasteiger charge is 2.20. The van der Waals surface area contributed by atoms with Crippen LogP contribution < -0.4 is 5.32 Å². The fourth-order valence-corrected chi connectivity index (χ4v) is 3.55. The van der Waals surface area contributed by atoms with Crippen LogP contribution in [0.3, 0.4) is 0 Å². The van der Waals surface area contributed by atoms with Crippen LogP contribution >= 0.6 is 38.9 Å². The molecule has 0 fully saturated rings. The van der Waals surface area contributed by atoms with E-state index < -0.39 is 11.9 Å². The van der Waals surface area contributed by atoms with Gasteiger partial charge in [-0.15, -0.1) is 11.3 Å². The lowest BCUT2D eigenvalue weighted by molar-refractivity contribution is -0.120. The average molecular weight is 406 g/mol. The van der Waals surface area contributed by atoms with Crippen LogP contribution in [-0.2, 0) is 11.3 Å². The van der Waals surface area contributed by atoms with Crippen molar-refractivity contribution in [2.45, 2.75) is 19.5 Å². The van der Waals surface area contributed by atoms with Gasteiger partial charge in [-0.2, -0.15) is 0 Å². The van der Waals surface area contributed by atoms with E-state index in [0.29, 0.717) is 11.6 Å². The summed E-state index contributed by atoms with van der Waals surface area (Å²) in [6.45, 7) is 2.43. The first-order chi connectivity index (χ1) is 10.4. The fraction of sp³-hybridized carbons (Fsp3) is 0.267. The number of thiophene rings is 1. The molecule has 0 aliphatic carbocycles. The van der Waals surface area contributed by atoms with Crippen molar-refractivity contribution in [3.63, 3.8) is 0 Å². The monoisotopic (exact) mass is 404 g/mol. The Morgan fingerprint density at radius 3 is 2.77 bits per heavy atom. The SMILES string of the molecule is CC(C(=O)Nc1ccc(Cl)cc1F)N(C)Cc1ccc(Br)s1. The van der Waals surface area contributed by atoms with Crippen LogP contribution in [0.25, 0.3) is 0 Å². The molecule has 0 bridgehead atoms. The number of anilines is 1. The van der Waals surface area contributed by atoms with Crippen molar-refractivity contribution in [2.24, 2.45) is 0 Å². The van der Waals surface area contributed by atoms with E-state index in [1.807, 2.05) is 24.1 Å².